The molecule has 1 aliphatic heterocycles. The first-order chi connectivity index (χ1) is 13.3. The van der Waals surface area contributed by atoms with Crippen LogP contribution in [0.3, 0.4) is 0 Å². The smallest absolute Gasteiger partial charge is 0.433 e. The van der Waals surface area contributed by atoms with Crippen molar-refractivity contribution < 1.29 is 17.9 Å². The number of fused-ring (bicyclic) bond motifs is 1. The molecule has 0 radical (unpaired) electrons. The molecule has 3 heterocycles. The summed E-state index contributed by atoms with van der Waals surface area (Å²) in [6, 6.07) is 7.39. The van der Waals surface area contributed by atoms with Crippen LogP contribution in [0.2, 0.25) is 0 Å². The van der Waals surface area contributed by atoms with Crippen LogP contribution in [0.25, 0.3) is 22.3 Å². The lowest BCUT2D eigenvalue weighted by Crippen LogP contribution is -2.25. The van der Waals surface area contributed by atoms with Gasteiger partial charge in [-0.3, -0.25) is 0 Å². The molecule has 2 aromatic heterocycles. The summed E-state index contributed by atoms with van der Waals surface area (Å²) in [7, 11) is 1.87. The Morgan fingerprint density at radius 1 is 1.29 bits per heavy atom. The van der Waals surface area contributed by atoms with Crippen molar-refractivity contribution in [1.82, 2.24) is 19.9 Å². The van der Waals surface area contributed by atoms with E-state index in [1.807, 2.05) is 18.5 Å². The van der Waals surface area contributed by atoms with Crippen molar-refractivity contribution in [3.63, 3.8) is 0 Å². The second-order valence-electron chi connectivity index (χ2n) is 7.18. The molecule has 148 valence electrons. The molecule has 8 heteroatoms. The highest BCUT2D eigenvalue weighted by Gasteiger charge is 2.32. The molecule has 1 aliphatic rings. The summed E-state index contributed by atoms with van der Waals surface area (Å²) in [5.74, 6) is 0.990. The zero-order valence-corrected chi connectivity index (χ0v) is 15.6. The number of nitrogens with one attached hydrogen (secondary N) is 1. The molecule has 0 spiro atoms. The first-order valence-corrected chi connectivity index (χ1v) is 9.20. The lowest BCUT2D eigenvalue weighted by molar-refractivity contribution is -0.141. The molecular formula is C20H21F3N4O. The average molecular weight is 390 g/mol. The number of hydrogen-bond donors (Lipinski definition) is 1. The molecule has 0 unspecified atom stereocenters. The Balaban J connectivity index is 1.76. The van der Waals surface area contributed by atoms with Gasteiger partial charge in [-0.1, -0.05) is 6.07 Å². The molecule has 28 heavy (non-hydrogen) atoms. The first-order valence-electron chi connectivity index (χ1n) is 9.20. The molecule has 0 saturated carbocycles. The van der Waals surface area contributed by atoms with Gasteiger partial charge in [0.2, 0.25) is 0 Å². The highest BCUT2D eigenvalue weighted by Crippen LogP contribution is 2.34. The summed E-state index contributed by atoms with van der Waals surface area (Å²) in [4.78, 5) is 8.16. The van der Waals surface area contributed by atoms with Crippen molar-refractivity contribution in [3.05, 3.63) is 42.4 Å². The fourth-order valence-electron chi connectivity index (χ4n) is 3.62. The van der Waals surface area contributed by atoms with Crippen LogP contribution in [0.15, 0.2) is 36.7 Å². The second kappa shape index (κ2) is 7.09. The van der Waals surface area contributed by atoms with Gasteiger partial charge in [0.05, 0.1) is 17.5 Å². The molecule has 0 bridgehead atoms. The van der Waals surface area contributed by atoms with E-state index in [1.54, 1.807) is 24.5 Å². The number of aryl methyl sites for hydroxylation is 1. The molecule has 5 nitrogen and oxygen atoms in total. The van der Waals surface area contributed by atoms with Gasteiger partial charge in [-0.25, -0.2) is 9.97 Å². The molecule has 1 fully saturated rings. The highest BCUT2D eigenvalue weighted by molar-refractivity contribution is 5.87. The van der Waals surface area contributed by atoms with Crippen LogP contribution >= 0.6 is 0 Å². The fourth-order valence-corrected chi connectivity index (χ4v) is 3.62. The van der Waals surface area contributed by atoms with Gasteiger partial charge in [-0.15, -0.1) is 0 Å². The Bertz CT molecular complexity index is 993. The summed E-state index contributed by atoms with van der Waals surface area (Å²) in [6.07, 6.45) is -1.82. The summed E-state index contributed by atoms with van der Waals surface area (Å²) < 4.78 is 47.3. The first kappa shape index (κ1) is 18.7. The number of nitrogens with zero attached hydrogens (tertiary/aromatic N) is 3. The van der Waals surface area contributed by atoms with Crippen LogP contribution in [0.4, 0.5) is 13.2 Å². The van der Waals surface area contributed by atoms with Crippen molar-refractivity contribution in [1.29, 1.82) is 0 Å². The van der Waals surface area contributed by atoms with E-state index in [-0.39, 0.29) is 11.8 Å². The van der Waals surface area contributed by atoms with Gasteiger partial charge >= 0.3 is 6.18 Å². The van der Waals surface area contributed by atoms with Crippen LogP contribution in [0.1, 0.15) is 19.0 Å². The third kappa shape index (κ3) is 3.56. The predicted molar refractivity (Wildman–Crippen MR) is 100 cm³/mol. The van der Waals surface area contributed by atoms with Gasteiger partial charge in [0, 0.05) is 25.1 Å². The van der Waals surface area contributed by atoms with Crippen LogP contribution < -0.4 is 10.1 Å². The number of imidazole rings is 1. The van der Waals surface area contributed by atoms with Crippen molar-refractivity contribution in [2.24, 2.45) is 13.0 Å². The van der Waals surface area contributed by atoms with E-state index in [2.05, 4.69) is 15.3 Å². The number of pyridine rings is 1. The van der Waals surface area contributed by atoms with E-state index in [0.717, 1.165) is 31.1 Å². The Kier molecular flexibility index (Phi) is 4.74. The predicted octanol–water partition coefficient (Wildman–Crippen LogP) is 4.03. The number of aromatic nitrogens is 3. The molecule has 1 N–H and O–H groups in total. The van der Waals surface area contributed by atoms with E-state index < -0.39 is 11.9 Å². The minimum Gasteiger partial charge on any atom is -0.488 e. The SMILES string of the molecule is C[C@@H](Oc1cc(-c2cccc(C(F)(F)F)n2)cc2ncn(C)c12)[C@@H]1CCNC1. The van der Waals surface area contributed by atoms with Crippen LogP contribution in [-0.2, 0) is 13.2 Å². The largest absolute Gasteiger partial charge is 0.488 e. The minimum absolute atomic E-state index is 0.0298. The van der Waals surface area contributed by atoms with Crippen molar-refractivity contribution in [2.75, 3.05) is 13.1 Å². The lowest BCUT2D eigenvalue weighted by atomic mass is 10.0. The quantitative estimate of drug-likeness (QED) is 0.731. The third-order valence-corrected chi connectivity index (χ3v) is 5.19. The Morgan fingerprint density at radius 2 is 2.11 bits per heavy atom. The number of alkyl halides is 3. The Labute approximate surface area is 160 Å². The molecule has 1 saturated heterocycles. The van der Waals surface area contributed by atoms with E-state index >= 15 is 0 Å². The van der Waals surface area contributed by atoms with Crippen LogP contribution in [0.5, 0.6) is 5.75 Å². The third-order valence-electron chi connectivity index (χ3n) is 5.19. The van der Waals surface area contributed by atoms with Gasteiger partial charge < -0.3 is 14.6 Å². The summed E-state index contributed by atoms with van der Waals surface area (Å²) >= 11 is 0. The summed E-state index contributed by atoms with van der Waals surface area (Å²) in [6.45, 7) is 3.88. The monoisotopic (exact) mass is 390 g/mol. The molecule has 1 aromatic carbocycles. The van der Waals surface area contributed by atoms with Crippen molar-refractivity contribution in [2.45, 2.75) is 25.6 Å². The minimum atomic E-state index is -4.49. The van der Waals surface area contributed by atoms with Gasteiger partial charge in [0.25, 0.3) is 0 Å². The van der Waals surface area contributed by atoms with Gasteiger partial charge in [0.1, 0.15) is 23.1 Å². The molecule has 3 aromatic rings. The maximum Gasteiger partial charge on any atom is 0.433 e. The molecule has 4 rings (SSSR count). The van der Waals surface area contributed by atoms with Gasteiger partial charge in [-0.2, -0.15) is 13.2 Å². The number of ether oxygens (including phenoxy) is 1. The van der Waals surface area contributed by atoms with E-state index in [4.69, 9.17) is 4.74 Å². The average Bonchev–Trinajstić information content (AvgIpc) is 3.31. The standard InChI is InChI=1S/C20H21F3N4O/c1-12(13-6-7-24-10-13)28-17-9-14(8-16-19(17)27(2)11-25-16)15-4-3-5-18(26-15)20(21,22)23/h3-5,8-9,11-13,24H,6-7,10H2,1-2H3/t12-,13-/m1/s1. The lowest BCUT2D eigenvalue weighted by Gasteiger charge is -2.21. The van der Waals surface area contributed by atoms with Crippen molar-refractivity contribution >= 4 is 11.0 Å². The summed E-state index contributed by atoms with van der Waals surface area (Å²) in [5, 5.41) is 3.33. The van der Waals surface area contributed by atoms with Crippen LogP contribution in [0, 0.1) is 5.92 Å². The fraction of sp³-hybridized carbons (Fsp3) is 0.400. The number of rotatable bonds is 4. The number of benzene rings is 1. The molecule has 2 atom stereocenters. The van der Waals surface area contributed by atoms with E-state index in [9.17, 15) is 13.2 Å². The zero-order valence-electron chi connectivity index (χ0n) is 15.6. The molecule has 0 aliphatic carbocycles. The zero-order chi connectivity index (χ0) is 19.9. The number of hydrogen-bond acceptors (Lipinski definition) is 4. The van der Waals surface area contributed by atoms with Crippen LogP contribution in [-0.4, -0.2) is 33.7 Å². The summed E-state index contributed by atoms with van der Waals surface area (Å²) in [5.41, 5.74) is 1.34. The Hall–Kier alpha value is -2.61. The van der Waals surface area contributed by atoms with Crippen molar-refractivity contribution in [3.8, 4) is 17.0 Å². The normalized spacial score (nSPS) is 18.5. The van der Waals surface area contributed by atoms with E-state index in [0.29, 0.717) is 22.7 Å². The maximum atomic E-state index is 13.1. The molecular weight excluding hydrogens is 369 g/mol. The van der Waals surface area contributed by atoms with Gasteiger partial charge in [0.15, 0.2) is 0 Å². The maximum absolute atomic E-state index is 13.1. The molecule has 0 amide bonds. The van der Waals surface area contributed by atoms with Gasteiger partial charge in [-0.05, 0) is 44.2 Å². The number of halogens is 3. The topological polar surface area (TPSA) is 52.0 Å². The Morgan fingerprint density at radius 3 is 2.82 bits per heavy atom. The van der Waals surface area contributed by atoms with E-state index in [1.165, 1.54) is 6.07 Å². The highest BCUT2D eigenvalue weighted by atomic mass is 19.4. The second-order valence-corrected chi connectivity index (χ2v) is 7.18.